The highest BCUT2D eigenvalue weighted by Gasteiger charge is 2.69. The standard InChI is InChI=1S/C32H50O3/c1-27(2)13-15-32(17-18-35-8)16-14-31(7)26(21(32)20-27)22(33)19-24-29(5)11-10-25(34)28(3,4)23(29)9-12-30(24,31)6/h19,21,23,26H,9-18,20H2,1-8H3/t21?,23-,26?,29-,30+,31+,32+/m0/s1. The smallest absolute Gasteiger partial charge is 0.159 e. The van der Waals surface area contributed by atoms with Crippen LogP contribution in [-0.4, -0.2) is 25.3 Å². The van der Waals surface area contributed by atoms with Gasteiger partial charge in [0, 0.05) is 31.5 Å². The van der Waals surface area contributed by atoms with Crippen molar-refractivity contribution < 1.29 is 14.3 Å². The molecule has 35 heavy (non-hydrogen) atoms. The van der Waals surface area contributed by atoms with Crippen molar-refractivity contribution >= 4 is 11.6 Å². The number of carbonyl (C=O) groups excluding carboxylic acids is 2. The lowest BCUT2D eigenvalue weighted by molar-refractivity contribution is -0.178. The molecule has 0 radical (unpaired) electrons. The van der Waals surface area contributed by atoms with E-state index in [9.17, 15) is 9.59 Å². The van der Waals surface area contributed by atoms with E-state index in [1.54, 1.807) is 0 Å². The molecule has 0 aromatic rings. The van der Waals surface area contributed by atoms with E-state index in [-0.39, 0.29) is 33.0 Å². The maximum Gasteiger partial charge on any atom is 0.159 e. The van der Waals surface area contributed by atoms with Crippen molar-refractivity contribution in [1.29, 1.82) is 0 Å². The van der Waals surface area contributed by atoms with Gasteiger partial charge in [0.1, 0.15) is 5.78 Å². The Morgan fingerprint density at radius 1 is 0.914 bits per heavy atom. The molecule has 3 nitrogen and oxygen atoms in total. The average Bonchev–Trinajstić information content (AvgIpc) is 2.77. The molecule has 0 aliphatic heterocycles. The van der Waals surface area contributed by atoms with Gasteiger partial charge in [-0.2, -0.15) is 0 Å². The zero-order chi connectivity index (χ0) is 25.7. The maximum absolute atomic E-state index is 14.4. The monoisotopic (exact) mass is 482 g/mol. The van der Waals surface area contributed by atoms with Crippen LogP contribution < -0.4 is 0 Å². The molecule has 5 rings (SSSR count). The summed E-state index contributed by atoms with van der Waals surface area (Å²) in [5, 5.41) is 0. The van der Waals surface area contributed by atoms with Gasteiger partial charge in [-0.3, -0.25) is 9.59 Å². The number of methoxy groups -OCH3 is 1. The molecule has 4 saturated carbocycles. The first-order valence-electron chi connectivity index (χ1n) is 14.5. The van der Waals surface area contributed by atoms with Gasteiger partial charge in [-0.05, 0) is 103 Å². The van der Waals surface area contributed by atoms with Crippen molar-refractivity contribution in [3.63, 3.8) is 0 Å². The number of hydrogen-bond donors (Lipinski definition) is 0. The summed E-state index contributed by atoms with van der Waals surface area (Å²) in [6, 6.07) is 0. The maximum atomic E-state index is 14.4. The fraction of sp³-hybridized carbons (Fsp3) is 0.875. The van der Waals surface area contributed by atoms with Crippen LogP contribution >= 0.6 is 0 Å². The van der Waals surface area contributed by atoms with Crippen molar-refractivity contribution in [2.24, 2.45) is 50.2 Å². The zero-order valence-corrected chi connectivity index (χ0v) is 23.8. The molecule has 0 saturated heterocycles. The summed E-state index contributed by atoms with van der Waals surface area (Å²) in [4.78, 5) is 27.3. The molecular weight excluding hydrogens is 432 g/mol. The van der Waals surface area contributed by atoms with Crippen molar-refractivity contribution in [3.8, 4) is 0 Å². The molecule has 3 heteroatoms. The molecular formula is C32H50O3. The molecule has 196 valence electrons. The summed E-state index contributed by atoms with van der Waals surface area (Å²) in [7, 11) is 1.82. The number of allylic oxidation sites excluding steroid dienone is 2. The van der Waals surface area contributed by atoms with Gasteiger partial charge in [0.25, 0.3) is 0 Å². The van der Waals surface area contributed by atoms with Crippen molar-refractivity contribution in [3.05, 3.63) is 11.6 Å². The summed E-state index contributed by atoms with van der Waals surface area (Å²) >= 11 is 0. The Hall–Kier alpha value is -0.960. The predicted octanol–water partition coefficient (Wildman–Crippen LogP) is 7.57. The zero-order valence-electron chi connectivity index (χ0n) is 23.8. The van der Waals surface area contributed by atoms with Crippen molar-refractivity contribution in [2.45, 2.75) is 113 Å². The van der Waals surface area contributed by atoms with E-state index in [0.717, 1.165) is 45.1 Å². The van der Waals surface area contributed by atoms with Crippen LogP contribution in [0.1, 0.15) is 113 Å². The number of ether oxygens (including phenoxy) is 1. The van der Waals surface area contributed by atoms with Gasteiger partial charge in [-0.15, -0.1) is 0 Å². The van der Waals surface area contributed by atoms with Crippen LogP contribution in [0, 0.1) is 50.2 Å². The van der Waals surface area contributed by atoms with Crippen LogP contribution in [-0.2, 0) is 14.3 Å². The fourth-order valence-electron chi connectivity index (χ4n) is 10.7. The van der Waals surface area contributed by atoms with Crippen LogP contribution in [0.2, 0.25) is 0 Å². The molecule has 0 heterocycles. The van der Waals surface area contributed by atoms with Gasteiger partial charge in [0.2, 0.25) is 0 Å². The highest BCUT2D eigenvalue weighted by molar-refractivity contribution is 5.96. The second kappa shape index (κ2) is 7.78. The Kier molecular flexibility index (Phi) is 5.71. The molecule has 0 amide bonds. The van der Waals surface area contributed by atoms with E-state index < -0.39 is 0 Å². The van der Waals surface area contributed by atoms with E-state index in [4.69, 9.17) is 4.74 Å². The minimum absolute atomic E-state index is 0.0115. The quantitative estimate of drug-likeness (QED) is 0.416. The fourth-order valence-corrected chi connectivity index (χ4v) is 10.7. The molecule has 0 aromatic heterocycles. The van der Waals surface area contributed by atoms with Crippen LogP contribution in [0.4, 0.5) is 0 Å². The lowest BCUT2D eigenvalue weighted by Gasteiger charge is -2.70. The summed E-state index contributed by atoms with van der Waals surface area (Å²) < 4.78 is 5.61. The Morgan fingerprint density at radius 2 is 1.60 bits per heavy atom. The Morgan fingerprint density at radius 3 is 2.29 bits per heavy atom. The van der Waals surface area contributed by atoms with E-state index in [1.165, 1.54) is 24.8 Å². The summed E-state index contributed by atoms with van der Waals surface area (Å²) in [6.07, 6.45) is 13.0. The number of fused-ring (bicyclic) bond motifs is 7. The highest BCUT2D eigenvalue weighted by Crippen LogP contribution is 2.75. The first-order valence-corrected chi connectivity index (χ1v) is 14.5. The van der Waals surface area contributed by atoms with Crippen LogP contribution in [0.15, 0.2) is 11.6 Å². The second-order valence-corrected chi connectivity index (χ2v) is 15.4. The highest BCUT2D eigenvalue weighted by atomic mass is 16.5. The number of ketones is 2. The minimum atomic E-state index is -0.300. The van der Waals surface area contributed by atoms with E-state index in [0.29, 0.717) is 35.2 Å². The van der Waals surface area contributed by atoms with Crippen LogP contribution in [0.3, 0.4) is 0 Å². The van der Waals surface area contributed by atoms with E-state index >= 15 is 0 Å². The van der Waals surface area contributed by atoms with Gasteiger partial charge >= 0.3 is 0 Å². The lowest BCUT2D eigenvalue weighted by Crippen LogP contribution is -2.65. The number of Topliss-reactive ketones (excluding diaryl/α,β-unsaturated/α-hetero) is 1. The summed E-state index contributed by atoms with van der Waals surface area (Å²) in [5.41, 5.74) is 1.61. The third-order valence-electron chi connectivity index (χ3n) is 13.1. The molecule has 2 unspecified atom stereocenters. The minimum Gasteiger partial charge on any atom is -0.385 e. The van der Waals surface area contributed by atoms with Gasteiger partial charge in [-0.25, -0.2) is 0 Å². The first-order chi connectivity index (χ1) is 16.2. The predicted molar refractivity (Wildman–Crippen MR) is 141 cm³/mol. The van der Waals surface area contributed by atoms with E-state index in [1.807, 2.05) is 7.11 Å². The summed E-state index contributed by atoms with van der Waals surface area (Å²) in [5.74, 6) is 1.71. The molecule has 0 N–H and O–H groups in total. The SMILES string of the molecule is COCC[C@]12CCC(C)(C)CC1C1C(=O)C=C3[C@@]4(C)CCC(=O)C(C)(C)[C@@H]4CC[C@@]3(C)[C@]1(C)CC2. The van der Waals surface area contributed by atoms with Crippen LogP contribution in [0.5, 0.6) is 0 Å². The largest absolute Gasteiger partial charge is 0.385 e. The van der Waals surface area contributed by atoms with Crippen LogP contribution in [0.25, 0.3) is 0 Å². The molecule has 5 aliphatic rings. The molecule has 0 spiro atoms. The summed E-state index contributed by atoms with van der Waals surface area (Å²) in [6.45, 7) is 17.4. The number of rotatable bonds is 3. The van der Waals surface area contributed by atoms with Gasteiger partial charge in [0.15, 0.2) is 5.78 Å². The van der Waals surface area contributed by atoms with Gasteiger partial charge < -0.3 is 4.74 Å². The molecule has 0 bridgehead atoms. The number of hydrogen-bond acceptors (Lipinski definition) is 3. The van der Waals surface area contributed by atoms with Gasteiger partial charge in [-0.1, -0.05) is 54.0 Å². The van der Waals surface area contributed by atoms with Crippen molar-refractivity contribution in [1.82, 2.24) is 0 Å². The first kappa shape index (κ1) is 25.7. The average molecular weight is 483 g/mol. The molecule has 5 aliphatic carbocycles. The Labute approximate surface area is 214 Å². The molecule has 7 atom stereocenters. The number of carbonyl (C=O) groups is 2. The molecule has 0 aromatic carbocycles. The lowest BCUT2D eigenvalue weighted by atomic mass is 9.33. The normalized spacial score (nSPS) is 48.2. The Bertz CT molecular complexity index is 958. The second-order valence-electron chi connectivity index (χ2n) is 15.4. The third-order valence-corrected chi connectivity index (χ3v) is 13.1. The Balaban J connectivity index is 1.62. The molecule has 4 fully saturated rings. The van der Waals surface area contributed by atoms with E-state index in [2.05, 4.69) is 54.5 Å². The third kappa shape index (κ3) is 3.31. The van der Waals surface area contributed by atoms with Crippen molar-refractivity contribution in [2.75, 3.05) is 13.7 Å². The topological polar surface area (TPSA) is 43.4 Å². The van der Waals surface area contributed by atoms with Gasteiger partial charge in [0.05, 0.1) is 0 Å².